The van der Waals surface area contributed by atoms with Crippen LogP contribution in [0.15, 0.2) is 12.1 Å². The van der Waals surface area contributed by atoms with E-state index in [9.17, 15) is 18.3 Å². The predicted molar refractivity (Wildman–Crippen MR) is 72.8 cm³/mol. The number of aliphatic hydroxyl groups is 1. The van der Waals surface area contributed by atoms with Crippen LogP contribution in [-0.4, -0.2) is 29.3 Å². The number of pyridine rings is 1. The Morgan fingerprint density at radius 3 is 2.30 bits per heavy atom. The molecule has 0 saturated heterocycles. The molecule has 0 aliphatic heterocycles. The van der Waals surface area contributed by atoms with E-state index >= 15 is 0 Å². The standard InChI is InChI=1S/C13H20F3N3O/c1-3-10(20)5-6-18-12-8-9(13(14,15)16)7-11(19-12)17-4-2/h7-8,10,20H,3-6H2,1-2H3,(H2,17,18,19). The summed E-state index contributed by atoms with van der Waals surface area (Å²) < 4.78 is 38.3. The first-order valence-electron chi connectivity index (χ1n) is 6.61. The number of aliphatic hydroxyl groups excluding tert-OH is 1. The topological polar surface area (TPSA) is 57.2 Å². The minimum atomic E-state index is -4.41. The van der Waals surface area contributed by atoms with Crippen molar-refractivity contribution in [2.24, 2.45) is 0 Å². The van der Waals surface area contributed by atoms with Gasteiger partial charge in [-0.05, 0) is 31.9 Å². The highest BCUT2D eigenvalue weighted by Crippen LogP contribution is 2.32. The molecule has 0 amide bonds. The molecule has 3 N–H and O–H groups in total. The van der Waals surface area contributed by atoms with E-state index in [0.29, 0.717) is 25.9 Å². The third kappa shape index (κ3) is 5.24. The van der Waals surface area contributed by atoms with Crippen LogP contribution in [0.4, 0.5) is 24.8 Å². The summed E-state index contributed by atoms with van der Waals surface area (Å²) >= 11 is 0. The first kappa shape index (κ1) is 16.6. The Hall–Kier alpha value is -1.50. The summed E-state index contributed by atoms with van der Waals surface area (Å²) in [6, 6.07) is 1.95. The molecule has 1 rings (SSSR count). The molecule has 1 aromatic heterocycles. The minimum Gasteiger partial charge on any atom is -0.393 e. The Morgan fingerprint density at radius 2 is 1.80 bits per heavy atom. The van der Waals surface area contributed by atoms with Crippen LogP contribution in [0.2, 0.25) is 0 Å². The van der Waals surface area contributed by atoms with Gasteiger partial charge in [-0.1, -0.05) is 6.92 Å². The molecule has 1 aromatic rings. The van der Waals surface area contributed by atoms with Gasteiger partial charge in [-0.3, -0.25) is 0 Å². The highest BCUT2D eigenvalue weighted by atomic mass is 19.4. The van der Waals surface area contributed by atoms with Gasteiger partial charge in [-0.25, -0.2) is 4.98 Å². The van der Waals surface area contributed by atoms with Crippen molar-refractivity contribution in [1.82, 2.24) is 4.98 Å². The molecule has 1 atom stereocenters. The third-order valence-electron chi connectivity index (χ3n) is 2.77. The first-order chi connectivity index (χ1) is 9.36. The van der Waals surface area contributed by atoms with Crippen molar-refractivity contribution in [1.29, 1.82) is 0 Å². The molecule has 1 unspecified atom stereocenters. The van der Waals surface area contributed by atoms with E-state index in [-0.39, 0.29) is 11.6 Å². The molecule has 20 heavy (non-hydrogen) atoms. The van der Waals surface area contributed by atoms with Crippen LogP contribution < -0.4 is 10.6 Å². The minimum absolute atomic E-state index is 0.152. The number of nitrogens with zero attached hydrogens (tertiary/aromatic N) is 1. The Kier molecular flexibility index (Phi) is 6.06. The molecule has 0 spiro atoms. The number of aromatic nitrogens is 1. The van der Waals surface area contributed by atoms with Gasteiger partial charge in [0, 0.05) is 13.1 Å². The summed E-state index contributed by atoms with van der Waals surface area (Å²) in [5.41, 5.74) is -0.748. The molecule has 0 radical (unpaired) electrons. The van der Waals surface area contributed by atoms with Crippen molar-refractivity contribution in [3.63, 3.8) is 0 Å². The Balaban J connectivity index is 2.81. The summed E-state index contributed by atoms with van der Waals surface area (Å²) in [7, 11) is 0. The van der Waals surface area contributed by atoms with E-state index in [0.717, 1.165) is 12.1 Å². The molecule has 0 fully saturated rings. The van der Waals surface area contributed by atoms with Gasteiger partial charge >= 0.3 is 6.18 Å². The molecule has 0 bridgehead atoms. The van der Waals surface area contributed by atoms with E-state index in [1.165, 1.54) is 0 Å². The van der Waals surface area contributed by atoms with Crippen LogP contribution in [0.3, 0.4) is 0 Å². The number of alkyl halides is 3. The van der Waals surface area contributed by atoms with Crippen LogP contribution in [-0.2, 0) is 6.18 Å². The van der Waals surface area contributed by atoms with Gasteiger partial charge in [0.1, 0.15) is 11.6 Å². The number of halogens is 3. The average Bonchev–Trinajstić information content (AvgIpc) is 2.37. The summed E-state index contributed by atoms with van der Waals surface area (Å²) in [6.07, 6.45) is -3.79. The number of anilines is 2. The fraction of sp³-hybridized carbons (Fsp3) is 0.615. The highest BCUT2D eigenvalue weighted by molar-refractivity contribution is 5.49. The third-order valence-corrected chi connectivity index (χ3v) is 2.77. The Bertz CT molecular complexity index is 424. The molecule has 0 aromatic carbocycles. The van der Waals surface area contributed by atoms with Crippen LogP contribution in [0.5, 0.6) is 0 Å². The summed E-state index contributed by atoms with van der Waals surface area (Å²) in [5.74, 6) is 0.333. The molecule has 7 heteroatoms. The number of hydrogen-bond donors (Lipinski definition) is 3. The zero-order valence-electron chi connectivity index (χ0n) is 11.6. The lowest BCUT2D eigenvalue weighted by molar-refractivity contribution is -0.137. The predicted octanol–water partition coefficient (Wildman–Crippen LogP) is 3.11. The molecule has 0 saturated carbocycles. The molecule has 0 aliphatic carbocycles. The zero-order chi connectivity index (χ0) is 15.2. The summed E-state index contributed by atoms with van der Waals surface area (Å²) in [4.78, 5) is 4.06. The number of nitrogens with one attached hydrogen (secondary N) is 2. The summed E-state index contributed by atoms with van der Waals surface area (Å²) in [6.45, 7) is 4.49. The van der Waals surface area contributed by atoms with Gasteiger partial charge in [0.05, 0.1) is 11.7 Å². The van der Waals surface area contributed by atoms with Crippen LogP contribution in [0.1, 0.15) is 32.3 Å². The zero-order valence-corrected chi connectivity index (χ0v) is 11.6. The Labute approximate surface area is 116 Å². The quantitative estimate of drug-likeness (QED) is 0.722. The van der Waals surface area contributed by atoms with E-state index in [2.05, 4.69) is 15.6 Å². The van der Waals surface area contributed by atoms with Crippen molar-refractivity contribution in [2.75, 3.05) is 23.7 Å². The Morgan fingerprint density at radius 1 is 1.20 bits per heavy atom. The maximum Gasteiger partial charge on any atom is 0.416 e. The van der Waals surface area contributed by atoms with E-state index < -0.39 is 17.8 Å². The SMILES string of the molecule is CCNc1cc(C(F)(F)F)cc(NCCC(O)CC)n1. The lowest BCUT2D eigenvalue weighted by atomic mass is 10.2. The van der Waals surface area contributed by atoms with Gasteiger partial charge in [-0.2, -0.15) is 13.2 Å². The maximum absolute atomic E-state index is 12.8. The fourth-order valence-electron chi connectivity index (χ4n) is 1.63. The molecule has 1 heterocycles. The van der Waals surface area contributed by atoms with Gasteiger partial charge in [0.25, 0.3) is 0 Å². The fourth-order valence-corrected chi connectivity index (χ4v) is 1.63. The smallest absolute Gasteiger partial charge is 0.393 e. The second-order valence-electron chi connectivity index (χ2n) is 4.43. The van der Waals surface area contributed by atoms with Crippen LogP contribution >= 0.6 is 0 Å². The van der Waals surface area contributed by atoms with Crippen LogP contribution in [0, 0.1) is 0 Å². The van der Waals surface area contributed by atoms with Crippen molar-refractivity contribution in [3.05, 3.63) is 17.7 Å². The van der Waals surface area contributed by atoms with Crippen LogP contribution in [0.25, 0.3) is 0 Å². The molecule has 0 aliphatic rings. The molecule has 114 valence electrons. The lowest BCUT2D eigenvalue weighted by Crippen LogP contribution is -2.15. The summed E-state index contributed by atoms with van der Waals surface area (Å²) in [5, 5.41) is 15.0. The van der Waals surface area contributed by atoms with E-state index in [1.54, 1.807) is 6.92 Å². The van der Waals surface area contributed by atoms with Crippen molar-refractivity contribution in [3.8, 4) is 0 Å². The number of hydrogen-bond acceptors (Lipinski definition) is 4. The maximum atomic E-state index is 12.8. The first-order valence-corrected chi connectivity index (χ1v) is 6.61. The molecular formula is C13H20F3N3O. The normalized spacial score (nSPS) is 13.1. The second-order valence-corrected chi connectivity index (χ2v) is 4.43. The van der Waals surface area contributed by atoms with Crippen molar-refractivity contribution < 1.29 is 18.3 Å². The molecule has 4 nitrogen and oxygen atoms in total. The largest absolute Gasteiger partial charge is 0.416 e. The average molecular weight is 291 g/mol. The van der Waals surface area contributed by atoms with Crippen molar-refractivity contribution >= 4 is 11.6 Å². The van der Waals surface area contributed by atoms with Gasteiger partial charge in [-0.15, -0.1) is 0 Å². The van der Waals surface area contributed by atoms with Crippen molar-refractivity contribution in [2.45, 2.75) is 39.0 Å². The number of rotatable bonds is 7. The van der Waals surface area contributed by atoms with Gasteiger partial charge in [0.15, 0.2) is 0 Å². The van der Waals surface area contributed by atoms with Gasteiger partial charge < -0.3 is 15.7 Å². The molecular weight excluding hydrogens is 271 g/mol. The monoisotopic (exact) mass is 291 g/mol. The van der Waals surface area contributed by atoms with Gasteiger partial charge in [0.2, 0.25) is 0 Å². The second kappa shape index (κ2) is 7.33. The lowest BCUT2D eigenvalue weighted by Gasteiger charge is -2.14. The highest BCUT2D eigenvalue weighted by Gasteiger charge is 2.31. The van der Waals surface area contributed by atoms with E-state index in [1.807, 2.05) is 6.92 Å². The van der Waals surface area contributed by atoms with E-state index in [4.69, 9.17) is 0 Å².